The Labute approximate surface area is 184 Å². The van der Waals surface area contributed by atoms with Crippen LogP contribution in [-0.2, 0) is 14.4 Å². The largest absolute Gasteiger partial charge is 0.394 e. The molecular weight excluding hydrogens is 402 g/mol. The molecule has 3 fully saturated rings. The van der Waals surface area contributed by atoms with Crippen molar-refractivity contribution in [2.45, 2.75) is 88.4 Å². The van der Waals surface area contributed by atoms with Crippen LogP contribution in [0.25, 0.3) is 0 Å². The molecular formula is C22H37N3O4S. The number of thioether (sulfide) groups is 1. The predicted molar refractivity (Wildman–Crippen MR) is 118 cm³/mol. The number of hydrogen-bond acceptors (Lipinski definition) is 5. The van der Waals surface area contributed by atoms with Crippen molar-refractivity contribution in [2.24, 2.45) is 17.8 Å². The fraction of sp³-hybridized carbons (Fsp3) is 0.864. The molecule has 0 aromatic carbocycles. The maximum absolute atomic E-state index is 13.8. The van der Waals surface area contributed by atoms with Gasteiger partial charge in [-0.25, -0.2) is 0 Å². The number of hydrogen-bond donors (Lipinski definition) is 3. The van der Waals surface area contributed by atoms with Crippen molar-refractivity contribution in [3.05, 3.63) is 0 Å². The average Bonchev–Trinajstić information content (AvgIpc) is 3.33. The highest BCUT2D eigenvalue weighted by Crippen LogP contribution is 2.66. The summed E-state index contributed by atoms with van der Waals surface area (Å²) in [4.78, 5) is 41.9. The lowest BCUT2D eigenvalue weighted by atomic mass is 9.70. The van der Waals surface area contributed by atoms with Crippen LogP contribution >= 0.6 is 11.8 Å². The molecule has 0 aromatic heterocycles. The number of carbonyl (C=O) groups is 3. The quantitative estimate of drug-likeness (QED) is 0.506. The van der Waals surface area contributed by atoms with Crippen LogP contribution in [0.4, 0.5) is 0 Å². The van der Waals surface area contributed by atoms with E-state index in [4.69, 9.17) is 0 Å². The Morgan fingerprint density at radius 2 is 1.97 bits per heavy atom. The van der Waals surface area contributed by atoms with Gasteiger partial charge in [-0.1, -0.05) is 27.2 Å². The van der Waals surface area contributed by atoms with E-state index >= 15 is 0 Å². The Hall–Kier alpha value is -1.28. The molecule has 3 aliphatic rings. The van der Waals surface area contributed by atoms with Crippen LogP contribution in [-0.4, -0.2) is 69.0 Å². The second-order valence-electron chi connectivity index (χ2n) is 9.39. The molecule has 3 N–H and O–H groups in total. The number of aliphatic hydroxyl groups excluding tert-OH is 1. The molecule has 30 heavy (non-hydrogen) atoms. The van der Waals surface area contributed by atoms with Crippen LogP contribution in [0.15, 0.2) is 0 Å². The second-order valence-corrected chi connectivity index (χ2v) is 11.0. The number of fused-ring (bicyclic) bond motifs is 1. The third-order valence-electron chi connectivity index (χ3n) is 7.11. The first-order chi connectivity index (χ1) is 14.2. The van der Waals surface area contributed by atoms with Gasteiger partial charge in [0.15, 0.2) is 0 Å². The zero-order valence-electron chi connectivity index (χ0n) is 18.8. The Bertz CT molecular complexity index is 687. The summed E-state index contributed by atoms with van der Waals surface area (Å²) in [5, 5.41) is 16.3. The summed E-state index contributed by atoms with van der Waals surface area (Å²) < 4.78 is -0.587. The summed E-state index contributed by atoms with van der Waals surface area (Å²) in [5.74, 6) is -1.21. The maximum Gasteiger partial charge on any atom is 0.244 e. The Balaban J connectivity index is 2.03. The number of aliphatic hydroxyl groups is 1. The third-order valence-corrected chi connectivity index (χ3v) is 9.07. The smallest absolute Gasteiger partial charge is 0.244 e. The van der Waals surface area contributed by atoms with Crippen molar-refractivity contribution in [1.82, 2.24) is 15.5 Å². The van der Waals surface area contributed by atoms with Crippen LogP contribution in [0.3, 0.4) is 0 Å². The summed E-state index contributed by atoms with van der Waals surface area (Å²) in [6.07, 6.45) is 3.22. The molecule has 8 heteroatoms. The zero-order chi connectivity index (χ0) is 22.2. The van der Waals surface area contributed by atoms with Gasteiger partial charge in [0.25, 0.3) is 0 Å². The minimum Gasteiger partial charge on any atom is -0.394 e. The van der Waals surface area contributed by atoms with E-state index in [2.05, 4.69) is 10.6 Å². The van der Waals surface area contributed by atoms with Gasteiger partial charge in [0, 0.05) is 17.8 Å². The molecule has 3 rings (SSSR count). The number of carbonyl (C=O) groups excluding carboxylic acids is 3. The molecule has 0 radical (unpaired) electrons. The molecule has 3 aliphatic heterocycles. The van der Waals surface area contributed by atoms with Crippen molar-refractivity contribution in [3.63, 3.8) is 0 Å². The monoisotopic (exact) mass is 439 g/mol. The van der Waals surface area contributed by atoms with Crippen molar-refractivity contribution in [3.8, 4) is 0 Å². The molecule has 0 aromatic rings. The molecule has 170 valence electrons. The molecule has 1 spiro atoms. The molecule has 7 atom stereocenters. The van der Waals surface area contributed by atoms with Gasteiger partial charge in [-0.2, -0.15) is 0 Å². The molecule has 3 heterocycles. The van der Waals surface area contributed by atoms with Gasteiger partial charge >= 0.3 is 0 Å². The second kappa shape index (κ2) is 9.07. The third kappa shape index (κ3) is 3.64. The normalized spacial score (nSPS) is 34.2. The summed E-state index contributed by atoms with van der Waals surface area (Å²) in [7, 11) is 0. The Kier molecular flexibility index (Phi) is 7.07. The van der Waals surface area contributed by atoms with E-state index in [0.717, 1.165) is 25.7 Å². The van der Waals surface area contributed by atoms with Crippen LogP contribution < -0.4 is 10.6 Å². The average molecular weight is 440 g/mol. The van der Waals surface area contributed by atoms with Crippen molar-refractivity contribution >= 4 is 29.5 Å². The van der Waals surface area contributed by atoms with E-state index in [1.54, 1.807) is 16.7 Å². The van der Waals surface area contributed by atoms with Crippen LogP contribution in [0.2, 0.25) is 0 Å². The Morgan fingerprint density at radius 1 is 1.27 bits per heavy atom. The highest BCUT2D eigenvalue weighted by molar-refractivity contribution is 8.02. The van der Waals surface area contributed by atoms with E-state index in [9.17, 15) is 19.5 Å². The topological polar surface area (TPSA) is 98.7 Å². The van der Waals surface area contributed by atoms with Crippen molar-refractivity contribution in [1.29, 1.82) is 0 Å². The Morgan fingerprint density at radius 3 is 2.53 bits per heavy atom. The van der Waals surface area contributed by atoms with E-state index in [1.165, 1.54) is 0 Å². The van der Waals surface area contributed by atoms with Gasteiger partial charge in [0.2, 0.25) is 17.7 Å². The predicted octanol–water partition coefficient (Wildman–Crippen LogP) is 1.54. The van der Waals surface area contributed by atoms with E-state index < -0.39 is 28.7 Å². The minimum atomic E-state index is -0.650. The van der Waals surface area contributed by atoms with Crippen LogP contribution in [0.5, 0.6) is 0 Å². The van der Waals surface area contributed by atoms with Gasteiger partial charge in [0.05, 0.1) is 29.2 Å². The van der Waals surface area contributed by atoms with E-state index in [1.807, 2.05) is 34.6 Å². The molecule has 2 bridgehead atoms. The van der Waals surface area contributed by atoms with Crippen LogP contribution in [0.1, 0.15) is 60.3 Å². The standard InChI is InChI=1S/C22H37N3O4S/c1-6-10-23-19(27)16-15-8-9-22(30-15)17(16)21(29)25(14(11-26)13(5)7-2)18(22)20(28)24-12(3)4/h12-18,26H,6-11H2,1-5H3,(H,23,27)(H,24,28)/t13-,14-,15-,16+,17-,18?,22?/m0/s1. The van der Waals surface area contributed by atoms with Gasteiger partial charge < -0.3 is 20.6 Å². The fourth-order valence-electron chi connectivity index (χ4n) is 5.59. The first kappa shape index (κ1) is 23.4. The molecule has 0 aliphatic carbocycles. The number of likely N-dealkylation sites (tertiary alicyclic amines) is 1. The first-order valence-electron chi connectivity index (χ1n) is 11.4. The first-order valence-corrected chi connectivity index (χ1v) is 12.3. The summed E-state index contributed by atoms with van der Waals surface area (Å²) in [6.45, 7) is 10.3. The molecule has 7 nitrogen and oxygen atoms in total. The lowest BCUT2D eigenvalue weighted by Gasteiger charge is -2.39. The highest BCUT2D eigenvalue weighted by atomic mass is 32.2. The van der Waals surface area contributed by atoms with E-state index in [0.29, 0.717) is 6.54 Å². The van der Waals surface area contributed by atoms with E-state index in [-0.39, 0.29) is 41.5 Å². The maximum atomic E-state index is 13.8. The minimum absolute atomic E-state index is 0.0478. The lowest BCUT2D eigenvalue weighted by molar-refractivity contribution is -0.144. The number of nitrogens with zero attached hydrogens (tertiary/aromatic N) is 1. The van der Waals surface area contributed by atoms with Crippen LogP contribution in [0, 0.1) is 17.8 Å². The van der Waals surface area contributed by atoms with Gasteiger partial charge in [-0.05, 0) is 39.0 Å². The molecule has 3 saturated heterocycles. The van der Waals surface area contributed by atoms with Gasteiger partial charge in [0.1, 0.15) is 6.04 Å². The summed E-state index contributed by atoms with van der Waals surface area (Å²) >= 11 is 1.67. The van der Waals surface area contributed by atoms with Gasteiger partial charge in [-0.3, -0.25) is 14.4 Å². The fourth-order valence-corrected chi connectivity index (χ4v) is 7.80. The summed E-state index contributed by atoms with van der Waals surface area (Å²) in [6, 6.07) is -1.12. The summed E-state index contributed by atoms with van der Waals surface area (Å²) in [5.41, 5.74) is 0. The highest BCUT2D eigenvalue weighted by Gasteiger charge is 2.74. The van der Waals surface area contributed by atoms with Crippen molar-refractivity contribution in [2.75, 3.05) is 13.2 Å². The molecule has 0 saturated carbocycles. The van der Waals surface area contributed by atoms with Gasteiger partial charge in [-0.15, -0.1) is 11.8 Å². The molecule has 2 unspecified atom stereocenters. The zero-order valence-corrected chi connectivity index (χ0v) is 19.6. The molecule has 3 amide bonds. The SMILES string of the molecule is CCCNC(=O)[C@@H]1[C@@H]2CCC3(S2)C(C(=O)NC(C)C)N([C@@H](CO)[C@@H](C)CC)C(=O)[C@H]13. The number of rotatable bonds is 9. The lowest BCUT2D eigenvalue weighted by Crippen LogP contribution is -2.58. The number of nitrogens with one attached hydrogen (secondary N) is 2. The number of amides is 3. The van der Waals surface area contributed by atoms with Crippen molar-refractivity contribution < 1.29 is 19.5 Å².